The van der Waals surface area contributed by atoms with E-state index >= 15 is 0 Å². The van der Waals surface area contributed by atoms with Gasteiger partial charge in [0.1, 0.15) is 6.54 Å². The SMILES string of the molecule is CCOC(=O)N1CCN(CC2=[N+](CCC(C)C)C3C(=O)N(C)C(=O)N(C)C3=N2)CC1. The number of likely N-dealkylation sites (N-methyl/N-ethyl adjacent to an activating group) is 2. The molecule has 0 aromatic rings. The van der Waals surface area contributed by atoms with Gasteiger partial charge in [-0.1, -0.05) is 13.8 Å². The molecule has 0 aromatic heterocycles. The molecule has 3 aliphatic heterocycles. The molecule has 30 heavy (non-hydrogen) atoms. The van der Waals surface area contributed by atoms with Crippen LogP contribution in [-0.4, -0.2) is 120 Å². The van der Waals surface area contributed by atoms with Gasteiger partial charge in [-0.25, -0.2) is 14.2 Å². The lowest BCUT2D eigenvalue weighted by Crippen LogP contribution is -2.61. The quantitative estimate of drug-likeness (QED) is 0.584. The number of hydrogen-bond acceptors (Lipinski definition) is 6. The summed E-state index contributed by atoms with van der Waals surface area (Å²) in [5.74, 6) is 1.57. The number of carbonyl (C=O) groups excluding carboxylic acids is 3. The molecule has 2 fully saturated rings. The highest BCUT2D eigenvalue weighted by Gasteiger charge is 2.53. The van der Waals surface area contributed by atoms with E-state index in [4.69, 9.17) is 9.73 Å². The molecule has 166 valence electrons. The van der Waals surface area contributed by atoms with Crippen LogP contribution in [0.1, 0.15) is 27.2 Å². The van der Waals surface area contributed by atoms with E-state index in [1.807, 2.05) is 0 Å². The number of fused-ring (bicyclic) bond motifs is 1. The van der Waals surface area contributed by atoms with Crippen LogP contribution < -0.4 is 0 Å². The van der Waals surface area contributed by atoms with Crippen molar-refractivity contribution in [3.63, 3.8) is 0 Å². The average molecular weight is 422 g/mol. The number of amidine groups is 2. The standard InChI is InChI=1S/C20H33N6O4/c1-6-30-20(29)25-11-9-24(10-12-25)13-15-21-17-16(26(15)8-7-14(2)3)18(27)23(5)19(28)22(17)4/h14,16H,6-13H2,1-5H3/q+1. The van der Waals surface area contributed by atoms with E-state index in [0.29, 0.717) is 57.6 Å². The van der Waals surface area contributed by atoms with Crippen molar-refractivity contribution >= 4 is 29.7 Å². The maximum atomic E-state index is 12.9. The largest absolute Gasteiger partial charge is 0.450 e. The van der Waals surface area contributed by atoms with E-state index in [1.54, 1.807) is 18.9 Å². The summed E-state index contributed by atoms with van der Waals surface area (Å²) in [6, 6.07) is -0.907. The first-order valence-electron chi connectivity index (χ1n) is 10.6. The van der Waals surface area contributed by atoms with Crippen molar-refractivity contribution in [2.45, 2.75) is 33.2 Å². The van der Waals surface area contributed by atoms with Gasteiger partial charge in [0.15, 0.2) is 0 Å². The molecule has 0 spiro atoms. The maximum absolute atomic E-state index is 12.9. The van der Waals surface area contributed by atoms with Crippen LogP contribution in [0.4, 0.5) is 9.59 Å². The lowest BCUT2D eigenvalue weighted by Gasteiger charge is -2.33. The fraction of sp³-hybridized carbons (Fsp3) is 0.750. The molecule has 10 heteroatoms. The van der Waals surface area contributed by atoms with Gasteiger partial charge >= 0.3 is 18.0 Å². The third-order valence-corrected chi connectivity index (χ3v) is 5.82. The lowest BCUT2D eigenvalue weighted by atomic mass is 10.1. The molecule has 4 amide bonds. The van der Waals surface area contributed by atoms with E-state index < -0.39 is 6.04 Å². The smallest absolute Gasteiger partial charge is 0.409 e. The highest BCUT2D eigenvalue weighted by molar-refractivity contribution is 6.23. The molecule has 2 saturated heterocycles. The Labute approximate surface area is 177 Å². The summed E-state index contributed by atoms with van der Waals surface area (Å²) in [6.07, 6.45) is 0.651. The molecule has 1 atom stereocenters. The zero-order valence-electron chi connectivity index (χ0n) is 18.6. The molecule has 0 aliphatic carbocycles. The average Bonchev–Trinajstić information content (AvgIpc) is 3.08. The second-order valence-electron chi connectivity index (χ2n) is 8.37. The van der Waals surface area contributed by atoms with Gasteiger partial charge in [0, 0.05) is 40.3 Å². The molecule has 0 aromatic carbocycles. The molecule has 3 aliphatic rings. The van der Waals surface area contributed by atoms with Crippen molar-refractivity contribution < 1.29 is 23.7 Å². The van der Waals surface area contributed by atoms with Gasteiger partial charge < -0.3 is 9.64 Å². The van der Waals surface area contributed by atoms with E-state index in [0.717, 1.165) is 12.3 Å². The number of imide groups is 1. The Morgan fingerprint density at radius 2 is 1.83 bits per heavy atom. The minimum atomic E-state index is -0.549. The van der Waals surface area contributed by atoms with Crippen molar-refractivity contribution in [3.8, 4) is 0 Å². The zero-order valence-corrected chi connectivity index (χ0v) is 18.6. The van der Waals surface area contributed by atoms with E-state index in [9.17, 15) is 14.4 Å². The first kappa shape index (κ1) is 22.2. The molecular weight excluding hydrogens is 388 g/mol. The summed E-state index contributed by atoms with van der Waals surface area (Å²) in [5.41, 5.74) is 0. The number of hydrogen-bond donors (Lipinski definition) is 0. The van der Waals surface area contributed by atoms with Crippen LogP contribution in [0.25, 0.3) is 0 Å². The van der Waals surface area contributed by atoms with Crippen LogP contribution >= 0.6 is 0 Å². The first-order valence-corrected chi connectivity index (χ1v) is 10.6. The Morgan fingerprint density at radius 1 is 1.17 bits per heavy atom. The number of rotatable bonds is 6. The number of urea groups is 1. The molecule has 0 saturated carbocycles. The molecule has 1 unspecified atom stereocenters. The van der Waals surface area contributed by atoms with Crippen molar-refractivity contribution in [1.29, 1.82) is 0 Å². The minimum Gasteiger partial charge on any atom is -0.450 e. The number of ether oxygens (including phenoxy) is 1. The first-order chi connectivity index (χ1) is 14.2. The van der Waals surface area contributed by atoms with Crippen molar-refractivity contribution in [3.05, 3.63) is 0 Å². The number of nitrogens with zero attached hydrogens (tertiary/aromatic N) is 6. The monoisotopic (exact) mass is 421 g/mol. The van der Waals surface area contributed by atoms with Crippen molar-refractivity contribution in [1.82, 2.24) is 19.6 Å². The molecule has 10 nitrogen and oxygen atoms in total. The predicted octanol–water partition coefficient (Wildman–Crippen LogP) is 0.522. The fourth-order valence-electron chi connectivity index (χ4n) is 3.93. The van der Waals surface area contributed by atoms with Gasteiger partial charge in [-0.05, 0) is 24.3 Å². The number of aliphatic imine (C=N–C) groups is 1. The zero-order chi connectivity index (χ0) is 22.0. The van der Waals surface area contributed by atoms with E-state index in [-0.39, 0.29) is 18.0 Å². The number of amides is 4. The second-order valence-corrected chi connectivity index (χ2v) is 8.37. The van der Waals surface area contributed by atoms with Gasteiger partial charge in [-0.2, -0.15) is 0 Å². The molecular formula is C20H33N6O4+. The van der Waals surface area contributed by atoms with Crippen molar-refractivity contribution in [2.75, 3.05) is 60.0 Å². The highest BCUT2D eigenvalue weighted by Crippen LogP contribution is 2.20. The topological polar surface area (TPSA) is 88.8 Å². The summed E-state index contributed by atoms with van der Waals surface area (Å²) in [7, 11) is 3.18. The summed E-state index contributed by atoms with van der Waals surface area (Å²) in [5, 5.41) is 0. The normalized spacial score (nSPS) is 22.8. The molecule has 3 heterocycles. The van der Waals surface area contributed by atoms with Crippen molar-refractivity contribution in [2.24, 2.45) is 10.9 Å². The molecule has 0 radical (unpaired) electrons. The van der Waals surface area contributed by atoms with E-state index in [1.165, 1.54) is 16.8 Å². The van der Waals surface area contributed by atoms with Crippen LogP contribution in [0.15, 0.2) is 4.99 Å². The Balaban J connectivity index is 1.77. The predicted molar refractivity (Wildman–Crippen MR) is 112 cm³/mol. The highest BCUT2D eigenvalue weighted by atomic mass is 16.6. The summed E-state index contributed by atoms with van der Waals surface area (Å²) in [4.78, 5) is 48.5. The van der Waals surface area contributed by atoms with Gasteiger partial charge in [-0.3, -0.25) is 19.5 Å². The number of carbonyl (C=O) groups is 3. The minimum absolute atomic E-state index is 0.234. The Hall–Kier alpha value is -2.49. The van der Waals surface area contributed by atoms with Gasteiger partial charge in [0.25, 0.3) is 17.8 Å². The third-order valence-electron chi connectivity index (χ3n) is 5.82. The van der Waals surface area contributed by atoms with Gasteiger partial charge in [0.2, 0.25) is 0 Å². The third kappa shape index (κ3) is 4.33. The van der Waals surface area contributed by atoms with Crippen LogP contribution in [0.5, 0.6) is 0 Å². The summed E-state index contributed by atoms with van der Waals surface area (Å²) < 4.78 is 7.13. The fourth-order valence-corrected chi connectivity index (χ4v) is 3.93. The van der Waals surface area contributed by atoms with Crippen LogP contribution in [0.2, 0.25) is 0 Å². The van der Waals surface area contributed by atoms with Gasteiger partial charge in [0.05, 0.1) is 13.2 Å². The molecule has 0 bridgehead atoms. The van der Waals surface area contributed by atoms with Crippen LogP contribution in [-0.2, 0) is 9.53 Å². The van der Waals surface area contributed by atoms with Crippen LogP contribution in [0.3, 0.4) is 0 Å². The molecule has 3 rings (SSSR count). The summed E-state index contributed by atoms with van der Waals surface area (Å²) in [6.45, 7) is 10.4. The second kappa shape index (κ2) is 9.11. The molecule has 0 N–H and O–H groups in total. The number of piperazine rings is 1. The van der Waals surface area contributed by atoms with Gasteiger partial charge in [-0.15, -0.1) is 0 Å². The lowest BCUT2D eigenvalue weighted by molar-refractivity contribution is -0.537. The van der Waals surface area contributed by atoms with E-state index in [2.05, 4.69) is 23.3 Å². The Bertz CT molecular complexity index is 769. The Kier molecular flexibility index (Phi) is 6.74. The van der Waals surface area contributed by atoms with Crippen LogP contribution in [0, 0.1) is 5.92 Å². The Morgan fingerprint density at radius 3 is 2.43 bits per heavy atom. The maximum Gasteiger partial charge on any atom is 0.409 e. The summed E-state index contributed by atoms with van der Waals surface area (Å²) >= 11 is 0.